The van der Waals surface area contributed by atoms with Gasteiger partial charge in [0, 0.05) is 24.4 Å². The molecule has 1 aliphatic rings. The monoisotopic (exact) mass is 251 g/mol. The van der Waals surface area contributed by atoms with E-state index in [4.69, 9.17) is 0 Å². The van der Waals surface area contributed by atoms with Crippen LogP contribution in [0, 0.1) is 11.3 Å². The minimum atomic E-state index is 0.256. The van der Waals surface area contributed by atoms with Crippen LogP contribution in [0.2, 0.25) is 0 Å². The molecule has 0 N–H and O–H groups in total. The Bertz CT molecular complexity index is 306. The molecule has 0 heterocycles. The summed E-state index contributed by atoms with van der Waals surface area (Å²) in [5.41, 5.74) is 0.256. The molecule has 2 atom stereocenters. The minimum absolute atomic E-state index is 0.256. The Labute approximate surface area is 112 Å². The van der Waals surface area contributed by atoms with E-state index >= 15 is 0 Å². The first-order valence-electron chi connectivity index (χ1n) is 7.28. The lowest BCUT2D eigenvalue weighted by Crippen LogP contribution is -2.52. The van der Waals surface area contributed by atoms with Gasteiger partial charge in [-0.2, -0.15) is 0 Å². The van der Waals surface area contributed by atoms with Gasteiger partial charge in [0.05, 0.1) is 0 Å². The fraction of sp³-hybridized carbons (Fsp3) is 0.812. The van der Waals surface area contributed by atoms with E-state index in [-0.39, 0.29) is 17.4 Å². The Morgan fingerprint density at radius 3 is 2.56 bits per heavy atom. The molecule has 0 spiro atoms. The summed E-state index contributed by atoms with van der Waals surface area (Å²) < 4.78 is 0. The van der Waals surface area contributed by atoms with Crippen LogP contribution in [0.15, 0.2) is 12.7 Å². The molecule has 2 unspecified atom stereocenters. The lowest BCUT2D eigenvalue weighted by molar-refractivity contribution is -0.138. The predicted molar refractivity (Wildman–Crippen MR) is 77.4 cm³/mol. The lowest BCUT2D eigenvalue weighted by Gasteiger charge is -2.48. The SMILES string of the molecule is C=CC1C(N(C(=O)CC)C(C)C)CCCC1(C)C. The summed E-state index contributed by atoms with van der Waals surface area (Å²) in [6.45, 7) is 14.8. The van der Waals surface area contributed by atoms with Crippen molar-refractivity contribution in [2.45, 2.75) is 72.4 Å². The normalized spacial score (nSPS) is 27.0. The number of carbonyl (C=O) groups excluding carboxylic acids is 1. The minimum Gasteiger partial charge on any atom is -0.337 e. The quantitative estimate of drug-likeness (QED) is 0.691. The van der Waals surface area contributed by atoms with Gasteiger partial charge in [0.2, 0.25) is 5.91 Å². The second-order valence-corrected chi connectivity index (χ2v) is 6.46. The third-order valence-electron chi connectivity index (χ3n) is 4.40. The number of hydrogen-bond donors (Lipinski definition) is 0. The summed E-state index contributed by atoms with van der Waals surface area (Å²) in [6.07, 6.45) is 6.22. The fourth-order valence-electron chi connectivity index (χ4n) is 3.46. The Kier molecular flexibility index (Phi) is 5.01. The zero-order valence-electron chi connectivity index (χ0n) is 12.7. The summed E-state index contributed by atoms with van der Waals surface area (Å²) in [5, 5.41) is 0. The molecule has 2 nitrogen and oxygen atoms in total. The average molecular weight is 251 g/mol. The van der Waals surface area contributed by atoms with Gasteiger partial charge in [0.15, 0.2) is 0 Å². The van der Waals surface area contributed by atoms with E-state index in [1.54, 1.807) is 0 Å². The number of hydrogen-bond acceptors (Lipinski definition) is 1. The Balaban J connectivity index is 3.02. The Hall–Kier alpha value is -0.790. The molecule has 0 radical (unpaired) electrons. The third kappa shape index (κ3) is 2.96. The van der Waals surface area contributed by atoms with Gasteiger partial charge in [-0.25, -0.2) is 0 Å². The van der Waals surface area contributed by atoms with Crippen LogP contribution in [0.5, 0.6) is 0 Å². The first-order chi connectivity index (χ1) is 8.35. The number of nitrogens with zero attached hydrogens (tertiary/aromatic N) is 1. The average Bonchev–Trinajstić information content (AvgIpc) is 2.27. The van der Waals surface area contributed by atoms with Gasteiger partial charge in [-0.3, -0.25) is 4.79 Å². The molecule has 1 fully saturated rings. The molecule has 2 heteroatoms. The molecule has 1 saturated carbocycles. The van der Waals surface area contributed by atoms with Gasteiger partial charge in [0.25, 0.3) is 0 Å². The summed E-state index contributed by atoms with van der Waals surface area (Å²) in [7, 11) is 0. The maximum absolute atomic E-state index is 12.2. The first-order valence-corrected chi connectivity index (χ1v) is 7.28. The molecule has 0 aromatic carbocycles. The van der Waals surface area contributed by atoms with E-state index in [2.05, 4.69) is 45.2 Å². The largest absolute Gasteiger partial charge is 0.337 e. The van der Waals surface area contributed by atoms with Crippen molar-refractivity contribution >= 4 is 5.91 Å². The molecule has 1 rings (SSSR count). The molecule has 1 amide bonds. The van der Waals surface area contributed by atoms with Gasteiger partial charge in [-0.15, -0.1) is 6.58 Å². The van der Waals surface area contributed by atoms with Crippen LogP contribution in [0.3, 0.4) is 0 Å². The maximum Gasteiger partial charge on any atom is 0.222 e. The molecule has 0 aliphatic heterocycles. The maximum atomic E-state index is 12.2. The van der Waals surface area contributed by atoms with Crippen molar-refractivity contribution in [3.05, 3.63) is 12.7 Å². The second-order valence-electron chi connectivity index (χ2n) is 6.46. The van der Waals surface area contributed by atoms with Crippen LogP contribution in [-0.2, 0) is 4.79 Å². The number of carbonyl (C=O) groups is 1. The van der Waals surface area contributed by atoms with Crippen molar-refractivity contribution in [3.8, 4) is 0 Å². The van der Waals surface area contributed by atoms with Gasteiger partial charge in [-0.1, -0.05) is 33.3 Å². The van der Waals surface area contributed by atoms with Crippen molar-refractivity contribution in [2.75, 3.05) is 0 Å². The highest BCUT2D eigenvalue weighted by molar-refractivity contribution is 5.76. The Morgan fingerprint density at radius 1 is 1.50 bits per heavy atom. The van der Waals surface area contributed by atoms with Crippen LogP contribution in [0.25, 0.3) is 0 Å². The highest BCUT2D eigenvalue weighted by atomic mass is 16.2. The topological polar surface area (TPSA) is 20.3 Å². The van der Waals surface area contributed by atoms with E-state index in [9.17, 15) is 4.79 Å². The molecule has 0 aromatic rings. The molecule has 1 aliphatic carbocycles. The van der Waals surface area contributed by atoms with Crippen molar-refractivity contribution in [1.82, 2.24) is 4.90 Å². The van der Waals surface area contributed by atoms with Gasteiger partial charge in [0.1, 0.15) is 0 Å². The van der Waals surface area contributed by atoms with Crippen molar-refractivity contribution < 1.29 is 4.79 Å². The van der Waals surface area contributed by atoms with E-state index < -0.39 is 0 Å². The zero-order valence-corrected chi connectivity index (χ0v) is 12.7. The third-order valence-corrected chi connectivity index (χ3v) is 4.40. The molecule has 0 saturated heterocycles. The summed E-state index contributed by atoms with van der Waals surface area (Å²) in [4.78, 5) is 14.3. The predicted octanol–water partition coefficient (Wildman–Crippen LogP) is 4.01. The highest BCUT2D eigenvalue weighted by Gasteiger charge is 2.41. The van der Waals surface area contributed by atoms with E-state index in [0.29, 0.717) is 18.4 Å². The first kappa shape index (κ1) is 15.3. The number of amides is 1. The van der Waals surface area contributed by atoms with Crippen molar-refractivity contribution in [2.24, 2.45) is 11.3 Å². The molecular weight excluding hydrogens is 222 g/mol. The summed E-state index contributed by atoms with van der Waals surface area (Å²) >= 11 is 0. The van der Waals surface area contributed by atoms with Crippen LogP contribution >= 0.6 is 0 Å². The van der Waals surface area contributed by atoms with E-state index in [1.165, 1.54) is 12.8 Å². The lowest BCUT2D eigenvalue weighted by atomic mass is 9.66. The van der Waals surface area contributed by atoms with Crippen LogP contribution in [0.1, 0.15) is 60.3 Å². The molecular formula is C16H29NO. The molecule has 104 valence electrons. The second kappa shape index (κ2) is 5.90. The number of rotatable bonds is 4. The smallest absolute Gasteiger partial charge is 0.222 e. The molecule has 18 heavy (non-hydrogen) atoms. The van der Waals surface area contributed by atoms with Crippen molar-refractivity contribution in [3.63, 3.8) is 0 Å². The van der Waals surface area contributed by atoms with E-state index in [1.807, 2.05) is 6.92 Å². The Morgan fingerprint density at radius 2 is 2.11 bits per heavy atom. The summed E-state index contributed by atoms with van der Waals surface area (Å²) in [6, 6.07) is 0.609. The standard InChI is InChI=1S/C16H29NO/c1-7-13-14(10-9-11-16(13,5)6)17(12(3)4)15(18)8-2/h7,12-14H,1,8-11H2,2-6H3. The fourth-order valence-corrected chi connectivity index (χ4v) is 3.46. The van der Waals surface area contributed by atoms with Gasteiger partial charge in [-0.05, 0) is 32.1 Å². The zero-order chi connectivity index (χ0) is 13.9. The van der Waals surface area contributed by atoms with Crippen LogP contribution in [-0.4, -0.2) is 22.9 Å². The van der Waals surface area contributed by atoms with E-state index in [0.717, 1.165) is 6.42 Å². The van der Waals surface area contributed by atoms with Gasteiger partial charge >= 0.3 is 0 Å². The van der Waals surface area contributed by atoms with Crippen LogP contribution < -0.4 is 0 Å². The van der Waals surface area contributed by atoms with Gasteiger partial charge < -0.3 is 4.90 Å². The molecule has 0 bridgehead atoms. The molecule has 0 aromatic heterocycles. The van der Waals surface area contributed by atoms with Crippen molar-refractivity contribution in [1.29, 1.82) is 0 Å². The van der Waals surface area contributed by atoms with Crippen LogP contribution in [0.4, 0.5) is 0 Å². The highest BCUT2D eigenvalue weighted by Crippen LogP contribution is 2.43. The summed E-state index contributed by atoms with van der Waals surface area (Å²) in [5.74, 6) is 0.684.